The molecule has 0 spiro atoms. The SMILES string of the molecule is C[C@@]1(C#N)C[C@H]2CN(Cc3ccccc3)C[C@H]2C1. The second-order valence-electron chi connectivity index (χ2n) is 6.28. The molecular weight excluding hydrogens is 220 g/mol. The van der Waals surface area contributed by atoms with Gasteiger partial charge in [-0.2, -0.15) is 5.26 Å². The molecule has 0 amide bonds. The van der Waals surface area contributed by atoms with Crippen LogP contribution in [0.1, 0.15) is 25.3 Å². The van der Waals surface area contributed by atoms with Crippen LogP contribution in [0.3, 0.4) is 0 Å². The molecule has 2 nitrogen and oxygen atoms in total. The monoisotopic (exact) mass is 240 g/mol. The molecule has 1 aliphatic heterocycles. The van der Waals surface area contributed by atoms with E-state index < -0.39 is 0 Å². The smallest absolute Gasteiger partial charge is 0.0687 e. The number of benzene rings is 1. The van der Waals surface area contributed by atoms with E-state index in [9.17, 15) is 5.26 Å². The van der Waals surface area contributed by atoms with E-state index >= 15 is 0 Å². The van der Waals surface area contributed by atoms with Gasteiger partial charge >= 0.3 is 0 Å². The van der Waals surface area contributed by atoms with Crippen LogP contribution in [0.15, 0.2) is 30.3 Å². The maximum Gasteiger partial charge on any atom is 0.0687 e. The summed E-state index contributed by atoms with van der Waals surface area (Å²) in [4.78, 5) is 2.56. The zero-order valence-corrected chi connectivity index (χ0v) is 11.0. The summed E-state index contributed by atoms with van der Waals surface area (Å²) >= 11 is 0. The molecule has 94 valence electrons. The van der Waals surface area contributed by atoms with E-state index in [1.807, 2.05) is 0 Å². The van der Waals surface area contributed by atoms with E-state index in [0.29, 0.717) is 0 Å². The Balaban J connectivity index is 1.61. The van der Waals surface area contributed by atoms with E-state index in [1.165, 1.54) is 18.7 Å². The molecule has 0 aromatic heterocycles. The van der Waals surface area contributed by atoms with Gasteiger partial charge in [-0.3, -0.25) is 4.90 Å². The molecule has 0 N–H and O–H groups in total. The molecule has 1 saturated heterocycles. The van der Waals surface area contributed by atoms with Gasteiger partial charge in [0.25, 0.3) is 0 Å². The first-order valence-corrected chi connectivity index (χ1v) is 6.86. The van der Waals surface area contributed by atoms with Crippen molar-refractivity contribution in [2.24, 2.45) is 17.3 Å². The number of rotatable bonds is 2. The van der Waals surface area contributed by atoms with E-state index in [2.05, 4.69) is 48.2 Å². The quantitative estimate of drug-likeness (QED) is 0.794. The molecule has 2 heteroatoms. The normalized spacial score (nSPS) is 35.3. The maximum absolute atomic E-state index is 9.22. The standard InChI is InChI=1S/C16H20N2/c1-16(12-17)7-14-10-18(11-15(14)8-16)9-13-5-3-2-4-6-13/h2-6,14-15H,7-11H2,1H3/t14-,15+,16+. The van der Waals surface area contributed by atoms with Gasteiger partial charge in [-0.15, -0.1) is 0 Å². The third kappa shape index (κ3) is 2.15. The molecule has 1 heterocycles. The van der Waals surface area contributed by atoms with Gasteiger partial charge in [0.2, 0.25) is 0 Å². The Labute approximate surface area is 109 Å². The average Bonchev–Trinajstić information content (AvgIpc) is 2.85. The first kappa shape index (κ1) is 11.7. The summed E-state index contributed by atoms with van der Waals surface area (Å²) in [6.45, 7) is 5.55. The van der Waals surface area contributed by atoms with Crippen LogP contribution in [0.4, 0.5) is 0 Å². The maximum atomic E-state index is 9.22. The van der Waals surface area contributed by atoms with Crippen LogP contribution in [0, 0.1) is 28.6 Å². The van der Waals surface area contributed by atoms with Crippen molar-refractivity contribution in [3.8, 4) is 6.07 Å². The fourth-order valence-corrected chi connectivity index (χ4v) is 3.80. The molecule has 2 fully saturated rings. The Kier molecular flexibility index (Phi) is 2.87. The summed E-state index contributed by atoms with van der Waals surface area (Å²) in [6.07, 6.45) is 2.19. The highest BCUT2D eigenvalue weighted by atomic mass is 15.2. The lowest BCUT2D eigenvalue weighted by atomic mass is 9.89. The molecule has 0 unspecified atom stereocenters. The Bertz CT molecular complexity index is 446. The summed E-state index contributed by atoms with van der Waals surface area (Å²) < 4.78 is 0. The van der Waals surface area contributed by atoms with E-state index in [4.69, 9.17) is 0 Å². The molecule has 1 aromatic carbocycles. The van der Waals surface area contributed by atoms with Crippen molar-refractivity contribution in [1.82, 2.24) is 4.90 Å². The molecule has 1 aliphatic carbocycles. The molecule has 1 aromatic rings. The highest BCUT2D eigenvalue weighted by Crippen LogP contribution is 2.48. The van der Waals surface area contributed by atoms with Crippen molar-refractivity contribution in [2.45, 2.75) is 26.3 Å². The number of hydrogen-bond acceptors (Lipinski definition) is 2. The lowest BCUT2D eigenvalue weighted by molar-refractivity contribution is 0.277. The summed E-state index contributed by atoms with van der Waals surface area (Å²) in [5.41, 5.74) is 1.36. The van der Waals surface area contributed by atoms with Crippen molar-refractivity contribution in [3.05, 3.63) is 35.9 Å². The minimum absolute atomic E-state index is 0.0475. The predicted octanol–water partition coefficient (Wildman–Crippen LogP) is 3.06. The van der Waals surface area contributed by atoms with Crippen LogP contribution >= 0.6 is 0 Å². The second-order valence-corrected chi connectivity index (χ2v) is 6.28. The van der Waals surface area contributed by atoms with Crippen LogP contribution in [-0.2, 0) is 6.54 Å². The third-order valence-electron chi connectivity index (χ3n) is 4.60. The largest absolute Gasteiger partial charge is 0.299 e. The lowest BCUT2D eigenvalue weighted by Gasteiger charge is -2.20. The van der Waals surface area contributed by atoms with Crippen molar-refractivity contribution >= 4 is 0 Å². The lowest BCUT2D eigenvalue weighted by Crippen LogP contribution is -2.23. The number of fused-ring (bicyclic) bond motifs is 1. The van der Waals surface area contributed by atoms with Crippen LogP contribution in [0.5, 0.6) is 0 Å². The molecule has 18 heavy (non-hydrogen) atoms. The van der Waals surface area contributed by atoms with Gasteiger partial charge in [-0.25, -0.2) is 0 Å². The topological polar surface area (TPSA) is 27.0 Å². The molecule has 3 rings (SSSR count). The number of likely N-dealkylation sites (tertiary alicyclic amines) is 1. The summed E-state index contributed by atoms with van der Waals surface area (Å²) in [6, 6.07) is 13.2. The van der Waals surface area contributed by atoms with Crippen LogP contribution in [0.25, 0.3) is 0 Å². The Morgan fingerprint density at radius 2 is 1.83 bits per heavy atom. The van der Waals surface area contributed by atoms with E-state index in [-0.39, 0.29) is 5.41 Å². The summed E-state index contributed by atoms with van der Waals surface area (Å²) in [5.74, 6) is 1.50. The molecule has 0 radical (unpaired) electrons. The minimum Gasteiger partial charge on any atom is -0.299 e. The highest BCUT2D eigenvalue weighted by Gasteiger charge is 2.46. The van der Waals surface area contributed by atoms with Crippen molar-refractivity contribution in [2.75, 3.05) is 13.1 Å². The van der Waals surface area contributed by atoms with Crippen molar-refractivity contribution in [1.29, 1.82) is 5.26 Å². The first-order chi connectivity index (χ1) is 8.68. The summed E-state index contributed by atoms with van der Waals surface area (Å²) in [7, 11) is 0. The highest BCUT2D eigenvalue weighted by molar-refractivity contribution is 5.15. The van der Waals surface area contributed by atoms with E-state index in [1.54, 1.807) is 0 Å². The molecule has 3 atom stereocenters. The van der Waals surface area contributed by atoms with Gasteiger partial charge in [0.1, 0.15) is 0 Å². The van der Waals surface area contributed by atoms with Crippen LogP contribution in [-0.4, -0.2) is 18.0 Å². The van der Waals surface area contributed by atoms with Crippen LogP contribution in [0.2, 0.25) is 0 Å². The van der Waals surface area contributed by atoms with Gasteiger partial charge in [0.15, 0.2) is 0 Å². The van der Waals surface area contributed by atoms with Gasteiger partial charge in [-0.1, -0.05) is 30.3 Å². The van der Waals surface area contributed by atoms with Crippen molar-refractivity contribution < 1.29 is 0 Å². The molecule has 2 aliphatic rings. The Morgan fingerprint density at radius 3 is 2.39 bits per heavy atom. The minimum atomic E-state index is -0.0475. The number of hydrogen-bond donors (Lipinski definition) is 0. The van der Waals surface area contributed by atoms with Crippen LogP contribution < -0.4 is 0 Å². The van der Waals surface area contributed by atoms with Crippen molar-refractivity contribution in [3.63, 3.8) is 0 Å². The predicted molar refractivity (Wildman–Crippen MR) is 71.7 cm³/mol. The summed E-state index contributed by atoms with van der Waals surface area (Å²) in [5, 5.41) is 9.22. The number of nitrogens with zero attached hydrogens (tertiary/aromatic N) is 2. The van der Waals surface area contributed by atoms with Gasteiger partial charge < -0.3 is 0 Å². The molecule has 1 saturated carbocycles. The molecule has 0 bridgehead atoms. The first-order valence-electron chi connectivity index (χ1n) is 6.86. The van der Waals surface area contributed by atoms with Gasteiger partial charge in [0.05, 0.1) is 11.5 Å². The molecular formula is C16H20N2. The average molecular weight is 240 g/mol. The Morgan fingerprint density at radius 1 is 1.22 bits per heavy atom. The zero-order valence-electron chi connectivity index (χ0n) is 11.0. The zero-order chi connectivity index (χ0) is 12.6. The third-order valence-corrected chi connectivity index (χ3v) is 4.60. The van der Waals surface area contributed by atoms with E-state index in [0.717, 1.165) is 31.2 Å². The fraction of sp³-hybridized carbons (Fsp3) is 0.562. The Hall–Kier alpha value is -1.33. The van der Waals surface area contributed by atoms with Gasteiger partial charge in [-0.05, 0) is 37.2 Å². The van der Waals surface area contributed by atoms with Gasteiger partial charge in [0, 0.05) is 19.6 Å². The fourth-order valence-electron chi connectivity index (χ4n) is 3.80. The number of nitriles is 1. The second kappa shape index (κ2) is 4.40.